The molecule has 4 saturated carbocycles. The van der Waals surface area contributed by atoms with Gasteiger partial charge in [0.25, 0.3) is 0 Å². The Morgan fingerprint density at radius 1 is 1.14 bits per heavy atom. The molecule has 12 unspecified atom stereocenters. The van der Waals surface area contributed by atoms with Crippen LogP contribution in [0.3, 0.4) is 0 Å². The molecule has 5 N–H and O–H groups in total. The van der Waals surface area contributed by atoms with Crippen LogP contribution in [0.5, 0.6) is 0 Å². The second-order valence-electron chi connectivity index (χ2n) is 14.6. The van der Waals surface area contributed by atoms with Gasteiger partial charge in [0.1, 0.15) is 6.17 Å². The Hall–Kier alpha value is -2.57. The minimum atomic E-state index is -0.679. The standard InChI is InChI=1S/C34H53N5O5/c1-5-9-29(38-31(44)12-8-17-36-39-35)37-30(43)11-7-6-10-21(2)24-13-14-25-32-26(20-28(42)34(24,25)4)33(3)16-15-23(40)18-22(33)19-27(32)41/h1,7,11,21-29,32,40-42H,6,8-10,12-20H2,2-4H3,(H,37,43)(H,38,44)/b11-7+. The summed E-state index contributed by atoms with van der Waals surface area (Å²) in [5, 5.41) is 42.5. The number of hydrogen-bond acceptors (Lipinski definition) is 6. The number of amides is 2. The molecule has 0 saturated heterocycles. The highest BCUT2D eigenvalue weighted by Gasteiger charge is 2.65. The predicted octanol–water partition coefficient (Wildman–Crippen LogP) is 4.59. The molecule has 0 bridgehead atoms. The third kappa shape index (κ3) is 7.12. The van der Waals surface area contributed by atoms with Crippen LogP contribution in [-0.4, -0.2) is 58.2 Å². The molecule has 4 fully saturated rings. The van der Waals surface area contributed by atoms with Crippen LogP contribution in [-0.2, 0) is 9.59 Å². The zero-order valence-electron chi connectivity index (χ0n) is 26.7. The molecule has 2 amide bonds. The second-order valence-corrected chi connectivity index (χ2v) is 14.6. The van der Waals surface area contributed by atoms with E-state index in [0.29, 0.717) is 30.6 Å². The topological polar surface area (TPSA) is 168 Å². The van der Waals surface area contributed by atoms with Gasteiger partial charge in [0.15, 0.2) is 0 Å². The molecule has 0 aromatic carbocycles. The number of allylic oxidation sites excluding steroid dienone is 1. The van der Waals surface area contributed by atoms with E-state index in [1.807, 2.05) is 6.08 Å². The molecule has 12 atom stereocenters. The summed E-state index contributed by atoms with van der Waals surface area (Å²) in [6, 6.07) is 0. The molecular formula is C34H53N5O5. The lowest BCUT2D eigenvalue weighted by Crippen LogP contribution is -2.62. The molecule has 4 rings (SSSR count). The van der Waals surface area contributed by atoms with Crippen molar-refractivity contribution < 1.29 is 24.9 Å². The van der Waals surface area contributed by atoms with Crippen molar-refractivity contribution in [2.75, 3.05) is 6.54 Å². The van der Waals surface area contributed by atoms with E-state index in [1.54, 1.807) is 0 Å². The van der Waals surface area contributed by atoms with Gasteiger partial charge in [0.2, 0.25) is 11.8 Å². The summed E-state index contributed by atoms with van der Waals surface area (Å²) in [5.74, 6) is 3.63. The Bertz CT molecular complexity index is 1150. The first kappa shape index (κ1) is 34.3. The van der Waals surface area contributed by atoms with Crippen LogP contribution in [0.4, 0.5) is 0 Å². The third-order valence-electron chi connectivity index (χ3n) is 12.3. The third-order valence-corrected chi connectivity index (χ3v) is 12.3. The minimum absolute atomic E-state index is 0.0651. The van der Waals surface area contributed by atoms with Crippen LogP contribution in [0, 0.1) is 58.7 Å². The zero-order chi connectivity index (χ0) is 32.1. The van der Waals surface area contributed by atoms with Crippen LogP contribution in [0.15, 0.2) is 17.3 Å². The number of aliphatic hydroxyl groups is 3. The highest BCUT2D eigenvalue weighted by atomic mass is 16.3. The van der Waals surface area contributed by atoms with Gasteiger partial charge in [-0.25, -0.2) is 0 Å². The van der Waals surface area contributed by atoms with Crippen molar-refractivity contribution in [1.29, 1.82) is 0 Å². The molecule has 0 aromatic heterocycles. The number of carbonyl (C=O) groups is 2. The van der Waals surface area contributed by atoms with Crippen molar-refractivity contribution in [2.45, 2.75) is 122 Å². The molecule has 244 valence electrons. The van der Waals surface area contributed by atoms with Crippen LogP contribution in [0.25, 0.3) is 10.4 Å². The number of nitrogens with one attached hydrogen (secondary N) is 2. The Balaban J connectivity index is 1.31. The fourth-order valence-corrected chi connectivity index (χ4v) is 9.98. The maximum absolute atomic E-state index is 12.6. The fourth-order valence-electron chi connectivity index (χ4n) is 9.98. The minimum Gasteiger partial charge on any atom is -0.393 e. The molecular weight excluding hydrogens is 558 g/mol. The summed E-state index contributed by atoms with van der Waals surface area (Å²) in [6.07, 6.45) is 15.4. The van der Waals surface area contributed by atoms with Gasteiger partial charge in [-0.05, 0) is 122 Å². The van der Waals surface area contributed by atoms with Crippen LogP contribution in [0.2, 0.25) is 0 Å². The first-order valence-corrected chi connectivity index (χ1v) is 16.7. The number of terminal acetylenes is 1. The molecule has 44 heavy (non-hydrogen) atoms. The Labute approximate surface area is 262 Å². The van der Waals surface area contributed by atoms with Crippen LogP contribution >= 0.6 is 0 Å². The van der Waals surface area contributed by atoms with E-state index in [0.717, 1.165) is 51.4 Å². The zero-order valence-corrected chi connectivity index (χ0v) is 26.7. The summed E-state index contributed by atoms with van der Waals surface area (Å²) < 4.78 is 0. The van der Waals surface area contributed by atoms with E-state index in [2.05, 4.69) is 47.4 Å². The Kier molecular flexibility index (Phi) is 11.4. The summed E-state index contributed by atoms with van der Waals surface area (Å²) in [5.41, 5.74) is 8.15. The van der Waals surface area contributed by atoms with Crippen molar-refractivity contribution in [3.8, 4) is 12.3 Å². The van der Waals surface area contributed by atoms with Gasteiger partial charge >= 0.3 is 0 Å². The monoisotopic (exact) mass is 611 g/mol. The molecule has 0 spiro atoms. The van der Waals surface area contributed by atoms with E-state index in [4.69, 9.17) is 12.0 Å². The van der Waals surface area contributed by atoms with Gasteiger partial charge in [-0.2, -0.15) is 0 Å². The molecule has 0 radical (unpaired) electrons. The molecule has 0 aliphatic heterocycles. The highest BCUT2D eigenvalue weighted by Crippen LogP contribution is 2.68. The van der Waals surface area contributed by atoms with Crippen molar-refractivity contribution >= 4 is 11.8 Å². The van der Waals surface area contributed by atoms with Crippen molar-refractivity contribution in [3.05, 3.63) is 22.6 Å². The Morgan fingerprint density at radius 3 is 2.64 bits per heavy atom. The van der Waals surface area contributed by atoms with E-state index in [9.17, 15) is 24.9 Å². The number of rotatable bonds is 12. The largest absolute Gasteiger partial charge is 0.393 e. The van der Waals surface area contributed by atoms with Gasteiger partial charge in [0, 0.05) is 24.3 Å². The number of nitrogens with zero attached hydrogens (tertiary/aromatic N) is 3. The molecule has 10 heteroatoms. The van der Waals surface area contributed by atoms with Gasteiger partial charge < -0.3 is 26.0 Å². The maximum atomic E-state index is 12.6. The van der Waals surface area contributed by atoms with E-state index in [1.165, 1.54) is 6.08 Å². The average Bonchev–Trinajstić information content (AvgIpc) is 3.33. The van der Waals surface area contributed by atoms with Crippen LogP contribution in [0.1, 0.15) is 97.8 Å². The van der Waals surface area contributed by atoms with E-state index < -0.39 is 12.3 Å². The summed E-state index contributed by atoms with van der Waals surface area (Å²) >= 11 is 0. The normalized spacial score (nSPS) is 39.1. The average molecular weight is 612 g/mol. The molecule has 4 aliphatic carbocycles. The highest BCUT2D eigenvalue weighted by molar-refractivity contribution is 5.88. The molecule has 10 nitrogen and oxygen atoms in total. The smallest absolute Gasteiger partial charge is 0.245 e. The van der Waals surface area contributed by atoms with Crippen molar-refractivity contribution in [1.82, 2.24) is 10.6 Å². The Morgan fingerprint density at radius 2 is 1.91 bits per heavy atom. The predicted molar refractivity (Wildman–Crippen MR) is 168 cm³/mol. The van der Waals surface area contributed by atoms with Gasteiger partial charge in [-0.15, -0.1) is 12.3 Å². The lowest BCUT2D eigenvalue weighted by molar-refractivity contribution is -0.207. The van der Waals surface area contributed by atoms with Crippen molar-refractivity contribution in [2.24, 2.45) is 51.5 Å². The molecule has 4 aliphatic rings. The van der Waals surface area contributed by atoms with E-state index >= 15 is 0 Å². The van der Waals surface area contributed by atoms with E-state index in [-0.39, 0.29) is 72.0 Å². The number of azide groups is 1. The first-order valence-electron chi connectivity index (χ1n) is 16.7. The summed E-state index contributed by atoms with van der Waals surface area (Å²) in [4.78, 5) is 27.4. The van der Waals surface area contributed by atoms with Gasteiger partial charge in [-0.3, -0.25) is 9.59 Å². The molecule has 0 aromatic rings. The SMILES string of the molecule is C#CCC(NC(=O)/C=C/CCC(C)C1CCC2C3C(O)CC4CC(O)CCC4(C)C3CC(O)C12C)NC(=O)CCCN=[N+]=[N-]. The lowest BCUT2D eigenvalue weighted by Gasteiger charge is -2.63. The summed E-state index contributed by atoms with van der Waals surface area (Å²) in [6.45, 7) is 7.10. The number of aliphatic hydroxyl groups excluding tert-OH is 3. The molecule has 0 heterocycles. The van der Waals surface area contributed by atoms with Gasteiger partial charge in [0.05, 0.1) is 18.3 Å². The van der Waals surface area contributed by atoms with Crippen molar-refractivity contribution in [3.63, 3.8) is 0 Å². The fraction of sp³-hybridized carbons (Fsp3) is 0.824. The number of hydrogen-bond donors (Lipinski definition) is 5. The summed E-state index contributed by atoms with van der Waals surface area (Å²) in [7, 11) is 0. The van der Waals surface area contributed by atoms with Gasteiger partial charge in [-0.1, -0.05) is 32.0 Å². The maximum Gasteiger partial charge on any atom is 0.245 e. The lowest BCUT2D eigenvalue weighted by atomic mass is 9.43. The number of carbonyl (C=O) groups excluding carboxylic acids is 2. The first-order chi connectivity index (χ1) is 20.9. The number of fused-ring (bicyclic) bond motifs is 5. The van der Waals surface area contributed by atoms with Crippen LogP contribution < -0.4 is 10.6 Å². The second kappa shape index (κ2) is 14.7. The quantitative estimate of drug-likeness (QED) is 0.0413.